The quantitative estimate of drug-likeness (QED) is 0.881. The average molecular weight is 342 g/mol. The highest BCUT2D eigenvalue weighted by atomic mass is 16.2. The van der Waals surface area contributed by atoms with Crippen LogP contribution in [0.5, 0.6) is 0 Å². The van der Waals surface area contributed by atoms with Gasteiger partial charge in [-0.1, -0.05) is 0 Å². The molecule has 1 aliphatic heterocycles. The number of hydrogen-bond acceptors (Lipinski definition) is 5. The van der Waals surface area contributed by atoms with Crippen LogP contribution in [-0.4, -0.2) is 56.6 Å². The van der Waals surface area contributed by atoms with Gasteiger partial charge in [-0.05, 0) is 37.3 Å². The number of carbonyl (C=O) groups is 2. The van der Waals surface area contributed by atoms with Gasteiger partial charge in [-0.25, -0.2) is 9.97 Å². The summed E-state index contributed by atoms with van der Waals surface area (Å²) in [6, 6.07) is 3.46. The average Bonchev–Trinajstić information content (AvgIpc) is 3.07. The summed E-state index contributed by atoms with van der Waals surface area (Å²) in [7, 11) is 3.38. The van der Waals surface area contributed by atoms with Crippen molar-refractivity contribution in [1.82, 2.24) is 30.0 Å². The predicted octanol–water partition coefficient (Wildman–Crippen LogP) is 0.665. The molecule has 8 heteroatoms. The lowest BCUT2D eigenvalue weighted by atomic mass is 9.93. The normalized spacial score (nSPS) is 17.4. The molecule has 8 nitrogen and oxygen atoms in total. The Morgan fingerprint density at radius 3 is 2.88 bits per heavy atom. The summed E-state index contributed by atoms with van der Waals surface area (Å²) in [5.74, 6) is 0.0622. The molecule has 3 heterocycles. The lowest BCUT2D eigenvalue weighted by Gasteiger charge is -2.32. The van der Waals surface area contributed by atoms with Gasteiger partial charge < -0.3 is 10.2 Å². The molecular formula is C17H22N6O2. The van der Waals surface area contributed by atoms with Gasteiger partial charge in [0.15, 0.2) is 0 Å². The Morgan fingerprint density at radius 1 is 1.32 bits per heavy atom. The van der Waals surface area contributed by atoms with E-state index in [-0.39, 0.29) is 11.8 Å². The first-order chi connectivity index (χ1) is 12.1. The van der Waals surface area contributed by atoms with E-state index in [1.807, 2.05) is 4.90 Å². The number of aryl methyl sites for hydroxylation is 1. The van der Waals surface area contributed by atoms with E-state index < -0.39 is 0 Å². The summed E-state index contributed by atoms with van der Waals surface area (Å²) in [4.78, 5) is 34.4. The molecule has 132 valence electrons. The molecule has 1 atom stereocenters. The molecule has 0 aliphatic carbocycles. The Labute approximate surface area is 146 Å². The summed E-state index contributed by atoms with van der Waals surface area (Å²) in [6.45, 7) is 1.42. The van der Waals surface area contributed by atoms with Crippen LogP contribution in [-0.2, 0) is 13.5 Å². The molecule has 1 fully saturated rings. The molecular weight excluding hydrogens is 320 g/mol. The van der Waals surface area contributed by atoms with E-state index >= 15 is 0 Å². The van der Waals surface area contributed by atoms with Crippen molar-refractivity contribution >= 4 is 11.8 Å². The fourth-order valence-corrected chi connectivity index (χ4v) is 3.16. The third-order valence-electron chi connectivity index (χ3n) is 4.42. The maximum Gasteiger partial charge on any atom is 0.274 e. The minimum atomic E-state index is -0.223. The van der Waals surface area contributed by atoms with Gasteiger partial charge in [0.1, 0.15) is 17.7 Å². The van der Waals surface area contributed by atoms with Crippen molar-refractivity contribution in [2.45, 2.75) is 19.3 Å². The topological polar surface area (TPSA) is 93.0 Å². The van der Waals surface area contributed by atoms with E-state index in [1.165, 1.54) is 6.33 Å². The molecule has 0 spiro atoms. The largest absolute Gasteiger partial charge is 0.354 e. The minimum absolute atomic E-state index is 0.0287. The van der Waals surface area contributed by atoms with Gasteiger partial charge in [-0.2, -0.15) is 5.10 Å². The summed E-state index contributed by atoms with van der Waals surface area (Å²) in [6.07, 6.45) is 5.90. The van der Waals surface area contributed by atoms with Crippen molar-refractivity contribution < 1.29 is 9.59 Å². The summed E-state index contributed by atoms with van der Waals surface area (Å²) < 4.78 is 1.63. The Bertz CT molecular complexity index is 772. The molecule has 3 rings (SSSR count). The molecule has 2 aromatic heterocycles. The van der Waals surface area contributed by atoms with Crippen LogP contribution in [0.25, 0.3) is 0 Å². The minimum Gasteiger partial charge on any atom is -0.354 e. The number of likely N-dealkylation sites (tertiary alicyclic amines) is 1. The Kier molecular flexibility index (Phi) is 5.06. The van der Waals surface area contributed by atoms with E-state index in [0.29, 0.717) is 23.9 Å². The number of nitrogens with zero attached hydrogens (tertiary/aromatic N) is 5. The molecule has 1 N–H and O–H groups in total. The standard InChI is InChI=1S/C17H22N6O2/c1-18-16(24)15-9-13(19-11-20-15)8-12-4-3-6-23(10-12)17(25)14-5-7-22(2)21-14/h5,7,9,11-12H,3-4,6,8,10H2,1-2H3,(H,18,24)/t12-/m1/s1. The van der Waals surface area contributed by atoms with Gasteiger partial charge in [0, 0.05) is 39.1 Å². The van der Waals surface area contributed by atoms with Crippen LogP contribution < -0.4 is 5.32 Å². The second kappa shape index (κ2) is 7.42. The Morgan fingerprint density at radius 2 is 2.16 bits per heavy atom. The number of carbonyl (C=O) groups excluding carboxylic acids is 2. The van der Waals surface area contributed by atoms with Crippen LogP contribution in [0.15, 0.2) is 24.7 Å². The number of piperidine rings is 1. The zero-order valence-electron chi connectivity index (χ0n) is 14.5. The Balaban J connectivity index is 1.66. The van der Waals surface area contributed by atoms with Crippen molar-refractivity contribution in [1.29, 1.82) is 0 Å². The molecule has 0 bridgehead atoms. The zero-order valence-corrected chi connectivity index (χ0v) is 14.5. The smallest absolute Gasteiger partial charge is 0.274 e. The van der Waals surface area contributed by atoms with Crippen molar-refractivity contribution in [2.24, 2.45) is 13.0 Å². The van der Waals surface area contributed by atoms with E-state index in [9.17, 15) is 9.59 Å². The molecule has 0 saturated carbocycles. The van der Waals surface area contributed by atoms with Gasteiger partial charge in [-0.3, -0.25) is 14.3 Å². The van der Waals surface area contributed by atoms with Crippen molar-refractivity contribution in [2.75, 3.05) is 20.1 Å². The third-order valence-corrected chi connectivity index (χ3v) is 4.42. The molecule has 0 radical (unpaired) electrons. The lowest BCUT2D eigenvalue weighted by Crippen LogP contribution is -2.40. The first kappa shape index (κ1) is 17.1. The Hall–Kier alpha value is -2.77. The zero-order chi connectivity index (χ0) is 17.8. The van der Waals surface area contributed by atoms with Crippen molar-refractivity contribution in [3.05, 3.63) is 41.7 Å². The third kappa shape index (κ3) is 4.01. The van der Waals surface area contributed by atoms with Gasteiger partial charge in [0.25, 0.3) is 11.8 Å². The van der Waals surface area contributed by atoms with Crippen LogP contribution in [0.1, 0.15) is 39.5 Å². The molecule has 0 aromatic carbocycles. The lowest BCUT2D eigenvalue weighted by molar-refractivity contribution is 0.0666. The van der Waals surface area contributed by atoms with E-state index in [0.717, 1.165) is 31.5 Å². The monoisotopic (exact) mass is 342 g/mol. The molecule has 2 amide bonds. The number of amides is 2. The molecule has 25 heavy (non-hydrogen) atoms. The summed E-state index contributed by atoms with van der Waals surface area (Å²) >= 11 is 0. The summed E-state index contributed by atoms with van der Waals surface area (Å²) in [5.41, 5.74) is 1.67. The fraction of sp³-hybridized carbons (Fsp3) is 0.471. The number of rotatable bonds is 4. The number of hydrogen-bond donors (Lipinski definition) is 1. The number of aromatic nitrogens is 4. The van der Waals surface area contributed by atoms with Gasteiger partial charge in [0.2, 0.25) is 0 Å². The second-order valence-corrected chi connectivity index (χ2v) is 6.31. The second-order valence-electron chi connectivity index (χ2n) is 6.31. The van der Waals surface area contributed by atoms with Crippen LogP contribution >= 0.6 is 0 Å². The van der Waals surface area contributed by atoms with Gasteiger partial charge >= 0.3 is 0 Å². The summed E-state index contributed by atoms with van der Waals surface area (Å²) in [5, 5.41) is 6.76. The maximum absolute atomic E-state index is 12.6. The van der Waals surface area contributed by atoms with Crippen molar-refractivity contribution in [3.63, 3.8) is 0 Å². The maximum atomic E-state index is 12.6. The van der Waals surface area contributed by atoms with Crippen LogP contribution in [0.3, 0.4) is 0 Å². The van der Waals surface area contributed by atoms with E-state index in [2.05, 4.69) is 20.4 Å². The van der Waals surface area contributed by atoms with Crippen LogP contribution in [0.4, 0.5) is 0 Å². The first-order valence-electron chi connectivity index (χ1n) is 8.38. The fourth-order valence-electron chi connectivity index (χ4n) is 3.16. The SMILES string of the molecule is CNC(=O)c1cc(C[C@H]2CCCN(C(=O)c3ccn(C)n3)C2)ncn1. The molecule has 2 aromatic rings. The molecule has 0 unspecified atom stereocenters. The first-order valence-corrected chi connectivity index (χ1v) is 8.38. The van der Waals surface area contributed by atoms with Crippen LogP contribution in [0.2, 0.25) is 0 Å². The van der Waals surface area contributed by atoms with E-state index in [1.54, 1.807) is 37.1 Å². The van der Waals surface area contributed by atoms with E-state index in [4.69, 9.17) is 0 Å². The highest BCUT2D eigenvalue weighted by molar-refractivity contribution is 5.92. The molecule has 1 aliphatic rings. The number of nitrogens with one attached hydrogen (secondary N) is 1. The highest BCUT2D eigenvalue weighted by Gasteiger charge is 2.26. The van der Waals surface area contributed by atoms with Crippen molar-refractivity contribution in [3.8, 4) is 0 Å². The van der Waals surface area contributed by atoms with Gasteiger partial charge in [0.05, 0.1) is 0 Å². The highest BCUT2D eigenvalue weighted by Crippen LogP contribution is 2.21. The molecule has 1 saturated heterocycles. The predicted molar refractivity (Wildman–Crippen MR) is 91.0 cm³/mol. The van der Waals surface area contributed by atoms with Crippen LogP contribution in [0, 0.1) is 5.92 Å². The van der Waals surface area contributed by atoms with Gasteiger partial charge in [-0.15, -0.1) is 0 Å².